The lowest BCUT2D eigenvalue weighted by atomic mass is 9.82. The molecule has 1 fully saturated rings. The zero-order valence-electron chi connectivity index (χ0n) is 11.1. The quantitative estimate of drug-likeness (QED) is 0.846. The average molecular weight is 264 g/mol. The fourth-order valence-electron chi connectivity index (χ4n) is 3.06. The van der Waals surface area contributed by atoms with Gasteiger partial charge in [-0.1, -0.05) is 42.5 Å². The van der Waals surface area contributed by atoms with Crippen molar-refractivity contribution >= 4 is 6.21 Å². The summed E-state index contributed by atoms with van der Waals surface area (Å²) in [5.74, 6) is 0.975. The minimum atomic E-state index is -0.255. The Morgan fingerprint density at radius 1 is 1.20 bits per heavy atom. The number of allylic oxidation sites excluding steroid dienone is 3. The monoisotopic (exact) mass is 264 g/mol. The molecule has 0 bridgehead atoms. The Balaban J connectivity index is 1.67. The van der Waals surface area contributed by atoms with Crippen LogP contribution in [0.25, 0.3) is 0 Å². The van der Waals surface area contributed by atoms with Crippen molar-refractivity contribution in [3.8, 4) is 0 Å². The highest BCUT2D eigenvalue weighted by molar-refractivity contribution is 5.77. The second kappa shape index (κ2) is 4.46. The average Bonchev–Trinajstić information content (AvgIpc) is 2.53. The SMILES string of the molecule is C1=CCC23NCC(c4ccccc4)OC2=CC=NC3=C1. The molecule has 0 amide bonds. The summed E-state index contributed by atoms with van der Waals surface area (Å²) in [7, 11) is 0. The summed E-state index contributed by atoms with van der Waals surface area (Å²) < 4.78 is 6.27. The van der Waals surface area contributed by atoms with Crippen molar-refractivity contribution in [2.75, 3.05) is 6.54 Å². The normalized spacial score (nSPS) is 30.7. The first-order chi connectivity index (χ1) is 9.88. The molecule has 1 N–H and O–H groups in total. The summed E-state index contributed by atoms with van der Waals surface area (Å²) in [4.78, 5) is 4.49. The van der Waals surface area contributed by atoms with Gasteiger partial charge in [0.2, 0.25) is 0 Å². The van der Waals surface area contributed by atoms with E-state index in [1.54, 1.807) is 0 Å². The van der Waals surface area contributed by atoms with Crippen LogP contribution >= 0.6 is 0 Å². The van der Waals surface area contributed by atoms with E-state index in [-0.39, 0.29) is 11.6 Å². The molecule has 100 valence electrons. The van der Waals surface area contributed by atoms with E-state index in [1.807, 2.05) is 18.4 Å². The Morgan fingerprint density at radius 3 is 3.00 bits per heavy atom. The minimum absolute atomic E-state index is 0.0618. The Hall–Kier alpha value is -2.13. The first-order valence-corrected chi connectivity index (χ1v) is 6.97. The van der Waals surface area contributed by atoms with Crippen LogP contribution in [-0.4, -0.2) is 18.3 Å². The van der Waals surface area contributed by atoms with Crippen molar-refractivity contribution in [2.45, 2.75) is 18.1 Å². The molecule has 3 heteroatoms. The fourth-order valence-corrected chi connectivity index (χ4v) is 3.06. The molecule has 1 aliphatic carbocycles. The Morgan fingerprint density at radius 2 is 2.10 bits per heavy atom. The second-order valence-electron chi connectivity index (χ2n) is 5.30. The topological polar surface area (TPSA) is 33.6 Å². The molecule has 1 spiro atoms. The Bertz CT molecular complexity index is 642. The van der Waals surface area contributed by atoms with Gasteiger partial charge in [0.15, 0.2) is 0 Å². The van der Waals surface area contributed by atoms with Gasteiger partial charge in [0.25, 0.3) is 0 Å². The molecule has 1 aromatic carbocycles. The first kappa shape index (κ1) is 11.7. The number of nitrogens with one attached hydrogen (secondary N) is 1. The van der Waals surface area contributed by atoms with Crippen LogP contribution in [0.2, 0.25) is 0 Å². The minimum Gasteiger partial charge on any atom is -0.486 e. The third-order valence-electron chi connectivity index (χ3n) is 4.14. The number of morpholine rings is 1. The summed E-state index contributed by atoms with van der Waals surface area (Å²) in [6.45, 7) is 0.794. The van der Waals surface area contributed by atoms with Crippen molar-refractivity contribution in [1.82, 2.24) is 5.32 Å². The number of ether oxygens (including phenoxy) is 1. The predicted octanol–water partition coefficient (Wildman–Crippen LogP) is 2.90. The van der Waals surface area contributed by atoms with Crippen molar-refractivity contribution in [2.24, 2.45) is 4.99 Å². The molecule has 2 heterocycles. The first-order valence-electron chi connectivity index (χ1n) is 6.97. The maximum Gasteiger partial charge on any atom is 0.136 e. The third-order valence-corrected chi connectivity index (χ3v) is 4.14. The number of hydrogen-bond acceptors (Lipinski definition) is 3. The predicted molar refractivity (Wildman–Crippen MR) is 79.4 cm³/mol. The van der Waals surface area contributed by atoms with E-state index in [2.05, 4.69) is 52.8 Å². The summed E-state index contributed by atoms with van der Waals surface area (Å²) in [5, 5.41) is 3.66. The molecule has 0 radical (unpaired) electrons. The van der Waals surface area contributed by atoms with Crippen LogP contribution in [0.3, 0.4) is 0 Å². The molecule has 3 aliphatic rings. The molecule has 2 aliphatic heterocycles. The maximum atomic E-state index is 6.27. The van der Waals surface area contributed by atoms with Gasteiger partial charge < -0.3 is 4.74 Å². The van der Waals surface area contributed by atoms with E-state index in [1.165, 1.54) is 5.56 Å². The zero-order valence-corrected chi connectivity index (χ0v) is 11.1. The molecule has 1 aromatic rings. The summed E-state index contributed by atoms with van der Waals surface area (Å²) in [6.07, 6.45) is 11.1. The molecular weight excluding hydrogens is 248 g/mol. The summed E-state index contributed by atoms with van der Waals surface area (Å²) in [6, 6.07) is 10.3. The lowest BCUT2D eigenvalue weighted by Crippen LogP contribution is -2.55. The van der Waals surface area contributed by atoms with Gasteiger partial charge in [0.05, 0.1) is 5.70 Å². The van der Waals surface area contributed by atoms with Crippen LogP contribution in [0.15, 0.2) is 71.1 Å². The van der Waals surface area contributed by atoms with Gasteiger partial charge in [-0.2, -0.15) is 0 Å². The fraction of sp³-hybridized carbons (Fsp3) is 0.235. The number of hydrogen-bond donors (Lipinski definition) is 1. The van der Waals surface area contributed by atoms with Gasteiger partial charge in [-0.05, 0) is 24.1 Å². The molecule has 0 aromatic heterocycles. The second-order valence-corrected chi connectivity index (χ2v) is 5.30. The largest absolute Gasteiger partial charge is 0.486 e. The van der Waals surface area contributed by atoms with Crippen LogP contribution < -0.4 is 5.32 Å². The number of rotatable bonds is 1. The molecule has 2 atom stereocenters. The van der Waals surface area contributed by atoms with Crippen molar-refractivity contribution in [1.29, 1.82) is 0 Å². The van der Waals surface area contributed by atoms with Crippen molar-refractivity contribution in [3.05, 3.63) is 71.7 Å². The van der Waals surface area contributed by atoms with Crippen LogP contribution in [0.1, 0.15) is 18.1 Å². The number of benzene rings is 1. The molecular formula is C17H16N2O. The Kier molecular flexibility index (Phi) is 2.60. The highest BCUT2D eigenvalue weighted by atomic mass is 16.5. The smallest absolute Gasteiger partial charge is 0.136 e. The zero-order chi connectivity index (χ0) is 13.4. The lowest BCUT2D eigenvalue weighted by molar-refractivity contribution is 0.0398. The lowest BCUT2D eigenvalue weighted by Gasteiger charge is -2.45. The van der Waals surface area contributed by atoms with Crippen LogP contribution in [0.4, 0.5) is 0 Å². The number of dihydropyridines is 1. The highest BCUT2D eigenvalue weighted by Gasteiger charge is 2.45. The van der Waals surface area contributed by atoms with E-state index in [0.717, 1.165) is 24.4 Å². The van der Waals surface area contributed by atoms with E-state index in [4.69, 9.17) is 4.74 Å². The molecule has 0 saturated carbocycles. The van der Waals surface area contributed by atoms with Gasteiger partial charge in [-0.15, -0.1) is 0 Å². The molecule has 2 unspecified atom stereocenters. The van der Waals surface area contributed by atoms with Crippen LogP contribution in [0.5, 0.6) is 0 Å². The van der Waals surface area contributed by atoms with Gasteiger partial charge in [-0.25, -0.2) is 0 Å². The van der Waals surface area contributed by atoms with Gasteiger partial charge in [0, 0.05) is 12.8 Å². The van der Waals surface area contributed by atoms with Gasteiger partial charge in [-0.3, -0.25) is 10.3 Å². The maximum absolute atomic E-state index is 6.27. The van der Waals surface area contributed by atoms with E-state index in [0.29, 0.717) is 0 Å². The molecule has 3 nitrogen and oxygen atoms in total. The Labute approximate surface area is 118 Å². The third kappa shape index (κ3) is 1.67. The standard InChI is InChI=1S/C17H16N2O/c1-2-6-13(7-3-1)14-12-19-17-10-5-4-8-15(17)18-11-9-16(17)20-14/h1-9,11,14,19H,10,12H2. The molecule has 1 saturated heterocycles. The van der Waals surface area contributed by atoms with E-state index in [9.17, 15) is 0 Å². The molecule has 20 heavy (non-hydrogen) atoms. The van der Waals surface area contributed by atoms with Crippen LogP contribution in [0, 0.1) is 0 Å². The number of nitrogens with zero attached hydrogens (tertiary/aromatic N) is 1. The highest BCUT2D eigenvalue weighted by Crippen LogP contribution is 2.41. The summed E-state index contributed by atoms with van der Waals surface area (Å²) in [5.41, 5.74) is 1.99. The van der Waals surface area contributed by atoms with Gasteiger partial charge in [0.1, 0.15) is 17.4 Å². The van der Waals surface area contributed by atoms with E-state index >= 15 is 0 Å². The van der Waals surface area contributed by atoms with Crippen molar-refractivity contribution in [3.63, 3.8) is 0 Å². The van der Waals surface area contributed by atoms with E-state index < -0.39 is 0 Å². The van der Waals surface area contributed by atoms with Crippen molar-refractivity contribution < 1.29 is 4.74 Å². The number of aliphatic imine (C=N–C) groups is 1. The van der Waals surface area contributed by atoms with Gasteiger partial charge >= 0.3 is 0 Å². The summed E-state index contributed by atoms with van der Waals surface area (Å²) >= 11 is 0. The molecule has 4 rings (SSSR count). The van der Waals surface area contributed by atoms with Crippen LogP contribution in [-0.2, 0) is 4.74 Å².